The average molecular weight is 665 g/mol. The first kappa shape index (κ1) is 30.3. The minimum atomic E-state index is -0.125. The molecule has 52 heavy (non-hydrogen) atoms. The third-order valence-electron chi connectivity index (χ3n) is 11.0. The summed E-state index contributed by atoms with van der Waals surface area (Å²) < 4.78 is 2.21. The highest BCUT2D eigenvalue weighted by Crippen LogP contribution is 2.51. The molecule has 1 aliphatic rings. The first-order chi connectivity index (χ1) is 25.6. The number of hydrogen-bond donors (Lipinski definition) is 0. The van der Waals surface area contributed by atoms with E-state index in [-0.39, 0.29) is 5.41 Å². The summed E-state index contributed by atoms with van der Waals surface area (Å²) >= 11 is 0. The molecule has 246 valence electrons. The van der Waals surface area contributed by atoms with Crippen LogP contribution >= 0.6 is 0 Å². The van der Waals surface area contributed by atoms with Gasteiger partial charge in [-0.15, -0.1) is 0 Å². The quantitative estimate of drug-likeness (QED) is 0.179. The van der Waals surface area contributed by atoms with E-state index in [0.29, 0.717) is 0 Å². The maximum absolute atomic E-state index is 5.55. The van der Waals surface area contributed by atoms with Gasteiger partial charge in [0.25, 0.3) is 0 Å². The van der Waals surface area contributed by atoms with Crippen LogP contribution in [0.4, 0.5) is 0 Å². The van der Waals surface area contributed by atoms with E-state index >= 15 is 0 Å². The fraction of sp³-hybridized carbons (Fsp3) is 0.0600. The summed E-state index contributed by atoms with van der Waals surface area (Å²) in [6, 6.07) is 66.0. The van der Waals surface area contributed by atoms with Crippen molar-refractivity contribution >= 4 is 16.3 Å². The van der Waals surface area contributed by atoms with Gasteiger partial charge in [-0.3, -0.25) is 0 Å². The number of fused-ring (bicyclic) bond motifs is 6. The molecular weight excluding hydrogens is 629 g/mol. The molecule has 2 heteroatoms. The van der Waals surface area contributed by atoms with Gasteiger partial charge in [0, 0.05) is 27.5 Å². The summed E-state index contributed by atoms with van der Waals surface area (Å²) in [7, 11) is 0. The smallest absolute Gasteiger partial charge is 0.101 e. The molecule has 0 fully saturated rings. The van der Waals surface area contributed by atoms with Crippen molar-refractivity contribution in [3.8, 4) is 67.0 Å². The number of aromatic nitrogens is 2. The predicted octanol–water partition coefficient (Wildman–Crippen LogP) is 13.1. The maximum atomic E-state index is 5.55. The Hall–Kier alpha value is -6.51. The molecule has 0 atom stereocenters. The molecule has 2 heterocycles. The Labute approximate surface area is 304 Å². The van der Waals surface area contributed by atoms with Gasteiger partial charge >= 0.3 is 0 Å². The Kier molecular flexibility index (Phi) is 6.87. The highest BCUT2D eigenvalue weighted by Gasteiger charge is 2.36. The number of pyridine rings is 1. The summed E-state index contributed by atoms with van der Waals surface area (Å²) in [6.45, 7) is 4.71. The largest absolute Gasteiger partial charge is 0.231 e. The Bertz CT molecular complexity index is 2780. The zero-order chi connectivity index (χ0) is 34.8. The van der Waals surface area contributed by atoms with Crippen molar-refractivity contribution in [3.05, 3.63) is 193 Å². The van der Waals surface area contributed by atoms with E-state index in [0.717, 1.165) is 33.6 Å². The average Bonchev–Trinajstić information content (AvgIpc) is 3.72. The minimum absolute atomic E-state index is 0.125. The normalized spacial score (nSPS) is 13.0. The summed E-state index contributed by atoms with van der Waals surface area (Å²) in [4.78, 5) is 0. The molecule has 2 nitrogen and oxygen atoms in total. The number of benzene rings is 7. The second-order valence-corrected chi connectivity index (χ2v) is 14.4. The molecule has 0 unspecified atom stereocenters. The van der Waals surface area contributed by atoms with Crippen LogP contribution in [0.25, 0.3) is 83.3 Å². The highest BCUT2D eigenvalue weighted by molar-refractivity contribution is 6.12. The molecule has 0 N–H and O–H groups in total. The fourth-order valence-electron chi connectivity index (χ4n) is 8.45. The van der Waals surface area contributed by atoms with Gasteiger partial charge in [0.15, 0.2) is 0 Å². The van der Waals surface area contributed by atoms with E-state index in [1.165, 1.54) is 60.8 Å². The number of hydrogen-bond acceptors (Lipinski definition) is 1. The lowest BCUT2D eigenvalue weighted by molar-refractivity contribution is 0.660. The van der Waals surface area contributed by atoms with E-state index in [9.17, 15) is 0 Å². The maximum Gasteiger partial charge on any atom is 0.101 e. The van der Waals surface area contributed by atoms with Crippen molar-refractivity contribution in [2.75, 3.05) is 0 Å². The van der Waals surface area contributed by atoms with Crippen LogP contribution in [0.3, 0.4) is 0 Å². The van der Waals surface area contributed by atoms with E-state index in [1.54, 1.807) is 0 Å². The SMILES string of the molecule is CC1(C)c2ccccc2-c2ccc(-c3c(-c4ccccc4)nn4c(-c5ccccc5)cc5cc(-c6ccccc6)c(-c6ccccc6)cc5c34)cc21. The Morgan fingerprint density at radius 2 is 0.962 bits per heavy atom. The van der Waals surface area contributed by atoms with E-state index in [2.05, 4.69) is 200 Å². The molecule has 0 aliphatic heterocycles. The van der Waals surface area contributed by atoms with Crippen LogP contribution in [0.5, 0.6) is 0 Å². The van der Waals surface area contributed by atoms with Gasteiger partial charge in [0.05, 0.1) is 11.2 Å². The van der Waals surface area contributed by atoms with E-state index in [1.807, 2.05) is 0 Å². The van der Waals surface area contributed by atoms with Gasteiger partial charge in [-0.05, 0) is 79.7 Å². The Balaban J connectivity index is 1.36. The molecule has 0 saturated carbocycles. The van der Waals surface area contributed by atoms with Crippen LogP contribution in [0.1, 0.15) is 25.0 Å². The molecule has 0 amide bonds. The van der Waals surface area contributed by atoms with Crippen molar-refractivity contribution in [2.45, 2.75) is 19.3 Å². The topological polar surface area (TPSA) is 17.3 Å². The molecule has 0 saturated heterocycles. The third-order valence-corrected chi connectivity index (χ3v) is 11.0. The second kappa shape index (κ2) is 11.8. The van der Waals surface area contributed by atoms with E-state index < -0.39 is 0 Å². The zero-order valence-electron chi connectivity index (χ0n) is 29.2. The van der Waals surface area contributed by atoms with Crippen molar-refractivity contribution in [2.24, 2.45) is 0 Å². The van der Waals surface area contributed by atoms with Gasteiger partial charge in [0.1, 0.15) is 5.69 Å². The van der Waals surface area contributed by atoms with E-state index in [4.69, 9.17) is 5.10 Å². The highest BCUT2D eigenvalue weighted by atomic mass is 15.2. The molecular formula is C50H36N2. The van der Waals surface area contributed by atoms with Crippen LogP contribution in [0, 0.1) is 0 Å². The molecule has 7 aromatic carbocycles. The van der Waals surface area contributed by atoms with Crippen molar-refractivity contribution < 1.29 is 0 Å². The van der Waals surface area contributed by atoms with Crippen LogP contribution < -0.4 is 0 Å². The van der Waals surface area contributed by atoms with Crippen molar-refractivity contribution in [1.82, 2.24) is 9.61 Å². The number of rotatable bonds is 5. The zero-order valence-corrected chi connectivity index (χ0v) is 29.2. The van der Waals surface area contributed by atoms with Crippen molar-refractivity contribution in [3.63, 3.8) is 0 Å². The van der Waals surface area contributed by atoms with Gasteiger partial charge in [-0.25, -0.2) is 4.52 Å². The lowest BCUT2D eigenvalue weighted by Crippen LogP contribution is -2.14. The summed E-state index contributed by atoms with van der Waals surface area (Å²) in [5.41, 5.74) is 17.7. The fourth-order valence-corrected chi connectivity index (χ4v) is 8.45. The van der Waals surface area contributed by atoms with Crippen molar-refractivity contribution in [1.29, 1.82) is 0 Å². The molecule has 0 radical (unpaired) electrons. The van der Waals surface area contributed by atoms with Gasteiger partial charge in [-0.1, -0.05) is 172 Å². The molecule has 9 aromatic rings. The summed E-state index contributed by atoms with van der Waals surface area (Å²) in [5, 5.41) is 7.91. The van der Waals surface area contributed by atoms with Gasteiger partial charge in [-0.2, -0.15) is 5.10 Å². The first-order valence-electron chi connectivity index (χ1n) is 18.1. The van der Waals surface area contributed by atoms with Crippen LogP contribution in [-0.2, 0) is 5.41 Å². The summed E-state index contributed by atoms with van der Waals surface area (Å²) in [5.74, 6) is 0. The molecule has 10 rings (SSSR count). The second-order valence-electron chi connectivity index (χ2n) is 14.4. The molecule has 1 aliphatic carbocycles. The number of nitrogens with zero attached hydrogens (tertiary/aromatic N) is 2. The van der Waals surface area contributed by atoms with Gasteiger partial charge < -0.3 is 0 Å². The van der Waals surface area contributed by atoms with Crippen LogP contribution in [0.2, 0.25) is 0 Å². The Morgan fingerprint density at radius 1 is 0.423 bits per heavy atom. The minimum Gasteiger partial charge on any atom is -0.231 e. The molecule has 0 spiro atoms. The third kappa shape index (κ3) is 4.68. The lowest BCUT2D eigenvalue weighted by Gasteiger charge is -2.22. The predicted molar refractivity (Wildman–Crippen MR) is 217 cm³/mol. The van der Waals surface area contributed by atoms with Crippen LogP contribution in [0.15, 0.2) is 182 Å². The molecule has 2 aromatic heterocycles. The van der Waals surface area contributed by atoms with Gasteiger partial charge in [0.2, 0.25) is 0 Å². The first-order valence-corrected chi connectivity index (χ1v) is 18.1. The molecule has 0 bridgehead atoms. The summed E-state index contributed by atoms with van der Waals surface area (Å²) in [6.07, 6.45) is 0. The lowest BCUT2D eigenvalue weighted by atomic mass is 9.81. The Morgan fingerprint density at radius 3 is 1.62 bits per heavy atom. The van der Waals surface area contributed by atoms with Crippen LogP contribution in [-0.4, -0.2) is 9.61 Å². The standard InChI is InChI=1S/C50H36N2/c1-50(2)44-26-16-15-25-39(44)40-28-27-37(30-45(40)50)47-48(36-23-13-6-14-24-36)51-52-46(35-21-11-5-12-22-35)31-38-29-41(33-17-7-3-8-18-33)42(32-43(38)49(47)52)34-19-9-4-10-20-34/h3-32H,1-2H3. The monoisotopic (exact) mass is 664 g/mol.